The summed E-state index contributed by atoms with van der Waals surface area (Å²) in [7, 11) is 0. The predicted octanol–water partition coefficient (Wildman–Crippen LogP) is -2.19. The fraction of sp³-hybridized carbons (Fsp3) is 0.250. The molecule has 0 fully saturated rings. The zero-order chi connectivity index (χ0) is 16.5. The molecule has 10 heteroatoms. The number of aryl methyl sites for hydroxylation is 2. The maximum absolute atomic E-state index is 4.15. The number of nitrogens with zero attached hydrogens (tertiary/aromatic N) is 4. The molecule has 2 rings (SSSR count). The van der Waals surface area contributed by atoms with Crippen molar-refractivity contribution in [1.29, 1.82) is 0 Å². The Hall–Kier alpha value is 4.08. The predicted molar refractivity (Wildman–Crippen MR) is 91.8 cm³/mol. The monoisotopic (exact) mass is 586 g/mol. The van der Waals surface area contributed by atoms with Crippen LogP contribution < -0.4 is 103 Å². The van der Waals surface area contributed by atoms with Crippen molar-refractivity contribution in [2.45, 2.75) is 36.5 Å². The summed E-state index contributed by atoms with van der Waals surface area (Å²) in [6.45, 7) is 11.4. The Labute approximate surface area is 302 Å². The zero-order valence-electron chi connectivity index (χ0n) is 16.0. The summed E-state index contributed by atoms with van der Waals surface area (Å²) in [6.07, 6.45) is 14.7. The summed E-state index contributed by atoms with van der Waals surface area (Å²) < 4.78 is 0. The molecule has 0 spiro atoms. The van der Waals surface area contributed by atoms with E-state index in [2.05, 4.69) is 58.7 Å². The minimum atomic E-state index is 0. The van der Waals surface area contributed by atoms with Crippen LogP contribution in [0.1, 0.15) is 36.9 Å². The Kier molecular flexibility index (Phi) is 32.0. The molecule has 0 N–H and O–H groups in total. The van der Waals surface area contributed by atoms with Gasteiger partial charge in [0.05, 0.1) is 0 Å². The maximum atomic E-state index is 4.15. The van der Waals surface area contributed by atoms with Crippen molar-refractivity contribution < 1.29 is 168 Å². The smallest absolute Gasteiger partial charge is 0.444 e. The van der Waals surface area contributed by atoms with E-state index in [9.17, 15) is 0 Å². The molecule has 2 radical (unpaired) electrons. The van der Waals surface area contributed by atoms with Gasteiger partial charge in [0.15, 0.2) is 0 Å². The summed E-state index contributed by atoms with van der Waals surface area (Å²) >= 11 is 2.69. The molecule has 2 heterocycles. The molecule has 0 atom stereocenters. The first kappa shape index (κ1) is 37.4. The van der Waals surface area contributed by atoms with E-state index in [1.165, 1.54) is 23.5 Å². The average molecular weight is 586 g/mol. The van der Waals surface area contributed by atoms with E-state index < -0.39 is 0 Å². The average Bonchev–Trinajstić information content (AvgIpc) is 2.55. The van der Waals surface area contributed by atoms with Crippen LogP contribution in [0, 0.1) is 38.8 Å². The van der Waals surface area contributed by atoms with Crippen LogP contribution in [0.5, 0.6) is 0 Å². The molecule has 2 aromatic heterocycles. The van der Waals surface area contributed by atoms with E-state index in [4.69, 9.17) is 0 Å². The number of rotatable bonds is 4. The van der Waals surface area contributed by atoms with Crippen molar-refractivity contribution in [3.05, 3.63) is 61.8 Å². The van der Waals surface area contributed by atoms with Gasteiger partial charge in [0.25, 0.3) is 0 Å². The molecule has 0 saturated carbocycles. The van der Waals surface area contributed by atoms with Crippen molar-refractivity contribution in [3.63, 3.8) is 0 Å². The molecule has 0 aliphatic rings. The fourth-order valence-corrected chi connectivity index (χ4v) is 2.24. The van der Waals surface area contributed by atoms with Gasteiger partial charge in [-0.3, -0.25) is 13.2 Å². The third-order valence-electron chi connectivity index (χ3n) is 2.57. The minimum absolute atomic E-state index is 0. The Bertz CT molecular complexity index is 623. The molecule has 2 aromatic rings. The zero-order valence-corrected chi connectivity index (χ0v) is 29.6. The molecule has 126 valence electrons. The van der Waals surface area contributed by atoms with Crippen LogP contribution in [0.25, 0.3) is 0 Å². The standard InChI is InChI=1S/2C8H9N2S.2K.2Y/c1-4-8-9-5-7(11-3)6(2)10-8;1-4-7-8(11-3)5-9-6(2)10-7;;;;/h2*2-4H2,1H3;;;;/q2*-3;2*+1;;. The summed E-state index contributed by atoms with van der Waals surface area (Å²) in [5.41, 5.74) is 1.70. The molecule has 0 aromatic carbocycles. The number of thioether (sulfide) groups is 2. The van der Waals surface area contributed by atoms with Crippen LogP contribution in [-0.2, 0) is 78.3 Å². The topological polar surface area (TPSA) is 51.6 Å². The van der Waals surface area contributed by atoms with Gasteiger partial charge in [0.2, 0.25) is 0 Å². The molecule has 0 aliphatic carbocycles. The van der Waals surface area contributed by atoms with Crippen molar-refractivity contribution in [1.82, 2.24) is 19.9 Å². The molecule has 0 amide bonds. The molecule has 0 saturated heterocycles. The van der Waals surface area contributed by atoms with Crippen molar-refractivity contribution in [3.8, 4) is 0 Å². The van der Waals surface area contributed by atoms with Crippen LogP contribution in [0.2, 0.25) is 0 Å². The Morgan fingerprint density at radius 3 is 1.81 bits per heavy atom. The van der Waals surface area contributed by atoms with Gasteiger partial charge in [0, 0.05) is 71.2 Å². The first-order chi connectivity index (χ1) is 10.5. The quantitative estimate of drug-likeness (QED) is 0.231. The second kappa shape index (κ2) is 22.3. The Morgan fingerprint density at radius 1 is 0.846 bits per heavy atom. The molecule has 26 heavy (non-hydrogen) atoms. The Morgan fingerprint density at radius 2 is 1.38 bits per heavy atom. The third kappa shape index (κ3) is 14.2. The van der Waals surface area contributed by atoms with Crippen molar-refractivity contribution in [2.75, 3.05) is 0 Å². The van der Waals surface area contributed by atoms with E-state index in [1.54, 1.807) is 0 Å². The normalized spacial score (nSPS) is 8.46. The molecule has 0 aliphatic heterocycles. The second-order valence-corrected chi connectivity index (χ2v) is 5.44. The molecular weight excluding hydrogens is 568 g/mol. The summed E-state index contributed by atoms with van der Waals surface area (Å²) in [4.78, 5) is 17.9. The van der Waals surface area contributed by atoms with Gasteiger partial charge in [-0.25, -0.2) is 10.6 Å². The van der Waals surface area contributed by atoms with E-state index in [0.29, 0.717) is 5.82 Å². The van der Waals surface area contributed by atoms with Gasteiger partial charge >= 0.3 is 103 Å². The molecule has 4 nitrogen and oxygen atoms in total. The fourth-order valence-electron chi connectivity index (χ4n) is 1.45. The summed E-state index contributed by atoms with van der Waals surface area (Å²) in [5, 5.41) is 0. The first-order valence-electron chi connectivity index (χ1n) is 6.60. The van der Waals surface area contributed by atoms with Crippen LogP contribution in [0.3, 0.4) is 0 Å². The molecule has 0 bridgehead atoms. The van der Waals surface area contributed by atoms with Gasteiger partial charge in [-0.1, -0.05) is 37.1 Å². The SMILES string of the molecule is [CH2-]Sc1[c-]nc(CC)nc1[CH2-].[CH2-]Sc1[c-]nc([CH2-])nc1CC.[K+].[K+].[Y].[Y]. The first-order valence-corrected chi connectivity index (χ1v) is 8.57. The largest absolute Gasteiger partial charge is 1.00 e. The minimum Gasteiger partial charge on any atom is -0.444 e. The maximum Gasteiger partial charge on any atom is 1.00 e. The molecule has 0 unspecified atom stereocenters. The second-order valence-electron chi connectivity index (χ2n) is 4.05. The van der Waals surface area contributed by atoms with E-state index >= 15 is 0 Å². The van der Waals surface area contributed by atoms with Gasteiger partial charge in [-0.15, -0.1) is 5.82 Å². The van der Waals surface area contributed by atoms with Crippen LogP contribution in [0.4, 0.5) is 0 Å². The summed E-state index contributed by atoms with van der Waals surface area (Å²) in [5.74, 6) is 1.31. The van der Waals surface area contributed by atoms with Crippen molar-refractivity contribution >= 4 is 23.5 Å². The van der Waals surface area contributed by atoms with Gasteiger partial charge in [-0.2, -0.15) is 6.20 Å². The van der Waals surface area contributed by atoms with E-state index in [0.717, 1.165) is 39.8 Å². The van der Waals surface area contributed by atoms with E-state index in [1.807, 2.05) is 13.8 Å². The van der Waals surface area contributed by atoms with E-state index in [-0.39, 0.29) is 168 Å². The third-order valence-corrected chi connectivity index (χ3v) is 3.80. The van der Waals surface area contributed by atoms with Crippen molar-refractivity contribution in [2.24, 2.45) is 0 Å². The van der Waals surface area contributed by atoms with Gasteiger partial charge < -0.3 is 56.6 Å². The van der Waals surface area contributed by atoms with Gasteiger partial charge in [-0.05, 0) is 6.42 Å². The van der Waals surface area contributed by atoms with Crippen LogP contribution in [-0.4, -0.2) is 19.9 Å². The van der Waals surface area contributed by atoms with Gasteiger partial charge in [0.1, 0.15) is 0 Å². The summed E-state index contributed by atoms with van der Waals surface area (Å²) in [6, 6.07) is 0. The molecular formula is C16H18K2N4S2Y2-4. The number of hydrogen-bond donors (Lipinski definition) is 0. The van der Waals surface area contributed by atoms with Crippen LogP contribution >= 0.6 is 23.5 Å². The Balaban J connectivity index is -0.000000161. The number of hydrogen-bond acceptors (Lipinski definition) is 6. The van der Waals surface area contributed by atoms with Crippen LogP contribution in [0.15, 0.2) is 9.79 Å². The number of aromatic nitrogens is 4.